The van der Waals surface area contributed by atoms with E-state index >= 15 is 0 Å². The molecule has 9 nitrogen and oxygen atoms in total. The van der Waals surface area contributed by atoms with Crippen LogP contribution in [0.5, 0.6) is 5.75 Å². The van der Waals surface area contributed by atoms with Crippen LogP contribution in [-0.4, -0.2) is 32.3 Å². The molecule has 0 saturated heterocycles. The molecule has 3 aromatic carbocycles. The number of ether oxygens (including phenoxy) is 1. The highest BCUT2D eigenvalue weighted by Gasteiger charge is 2.36. The second-order valence-electron chi connectivity index (χ2n) is 7.33. The van der Waals surface area contributed by atoms with Crippen LogP contribution in [0.15, 0.2) is 82.8 Å². The molecule has 0 bridgehead atoms. The van der Waals surface area contributed by atoms with Crippen molar-refractivity contribution in [2.45, 2.75) is 11.4 Å². The second kappa shape index (κ2) is 9.59. The lowest BCUT2D eigenvalue weighted by molar-refractivity contribution is -0.112. The molecule has 1 amide bonds. The summed E-state index contributed by atoms with van der Waals surface area (Å²) >= 11 is 5.28. The van der Waals surface area contributed by atoms with Crippen molar-refractivity contribution in [1.29, 1.82) is 0 Å². The molecule has 0 atom stereocenters. The van der Waals surface area contributed by atoms with E-state index < -0.39 is 10.0 Å². The van der Waals surface area contributed by atoms with Gasteiger partial charge in [-0.2, -0.15) is 5.10 Å². The Bertz CT molecular complexity index is 1370. The summed E-state index contributed by atoms with van der Waals surface area (Å²) in [6.45, 7) is 0.352. The Labute approximate surface area is 202 Å². The summed E-state index contributed by atoms with van der Waals surface area (Å²) < 4.78 is 28.3. The van der Waals surface area contributed by atoms with Crippen molar-refractivity contribution in [3.63, 3.8) is 0 Å². The Morgan fingerprint density at radius 2 is 1.76 bits per heavy atom. The zero-order valence-electron chi connectivity index (χ0n) is 18.1. The molecular weight excluding hydrogens is 474 g/mol. The van der Waals surface area contributed by atoms with Crippen LogP contribution in [0, 0.1) is 0 Å². The van der Waals surface area contributed by atoms with Crippen LogP contribution in [0.1, 0.15) is 11.1 Å². The van der Waals surface area contributed by atoms with Gasteiger partial charge in [0.2, 0.25) is 10.0 Å². The number of methoxy groups -OCH3 is 1. The number of fused-ring (bicyclic) bond motifs is 1. The Morgan fingerprint density at radius 3 is 2.41 bits per heavy atom. The van der Waals surface area contributed by atoms with E-state index in [1.54, 1.807) is 30.2 Å². The minimum Gasteiger partial charge on any atom is -0.495 e. The van der Waals surface area contributed by atoms with Crippen molar-refractivity contribution in [1.82, 2.24) is 5.43 Å². The quantitative estimate of drug-likeness (QED) is 0.354. The van der Waals surface area contributed by atoms with Crippen molar-refractivity contribution in [3.05, 3.63) is 83.9 Å². The number of para-hydroxylation sites is 1. The maximum absolute atomic E-state index is 13.3. The van der Waals surface area contributed by atoms with E-state index in [9.17, 15) is 13.2 Å². The van der Waals surface area contributed by atoms with Crippen LogP contribution < -0.4 is 25.5 Å². The summed E-state index contributed by atoms with van der Waals surface area (Å²) in [6, 6.07) is 20.7. The standard InChI is InChI=1S/C23H21N5O4S2/c1-32-19-9-5-8-18-20(22(29)28(21(18)19)14-15-6-3-2-4-7-15)26-27-23(33)25-16-10-12-17(13-11-16)34(24,30)31/h2-13H,14H2,1H3,(H2,24,30,31)(H2,25,27,33). The molecule has 1 aliphatic heterocycles. The maximum atomic E-state index is 13.3. The molecule has 174 valence electrons. The Hall–Kier alpha value is -3.80. The summed E-state index contributed by atoms with van der Waals surface area (Å²) in [4.78, 5) is 14.9. The van der Waals surface area contributed by atoms with Crippen LogP contribution in [-0.2, 0) is 21.4 Å². The minimum atomic E-state index is -3.79. The average Bonchev–Trinajstić information content (AvgIpc) is 3.09. The number of hydrogen-bond acceptors (Lipinski definition) is 6. The highest BCUT2D eigenvalue weighted by atomic mass is 32.2. The van der Waals surface area contributed by atoms with Gasteiger partial charge in [-0.15, -0.1) is 0 Å². The molecule has 11 heteroatoms. The number of thiocarbonyl (C=S) groups is 1. The predicted octanol–water partition coefficient (Wildman–Crippen LogP) is 2.58. The average molecular weight is 496 g/mol. The first-order chi connectivity index (χ1) is 16.3. The number of nitrogens with one attached hydrogen (secondary N) is 2. The van der Waals surface area contributed by atoms with E-state index in [1.165, 1.54) is 24.3 Å². The summed E-state index contributed by atoms with van der Waals surface area (Å²) in [5, 5.41) is 12.4. The largest absolute Gasteiger partial charge is 0.495 e. The molecule has 0 fully saturated rings. The Kier molecular flexibility index (Phi) is 6.59. The second-order valence-corrected chi connectivity index (χ2v) is 9.30. The van der Waals surface area contributed by atoms with Gasteiger partial charge in [0.05, 0.1) is 24.2 Å². The summed E-state index contributed by atoms with van der Waals surface area (Å²) in [6.07, 6.45) is 0. The smallest absolute Gasteiger partial charge is 0.279 e. The van der Waals surface area contributed by atoms with Crippen molar-refractivity contribution >= 4 is 50.3 Å². The molecule has 34 heavy (non-hydrogen) atoms. The van der Waals surface area contributed by atoms with Crippen LogP contribution in [0.2, 0.25) is 0 Å². The number of carbonyl (C=O) groups excluding carboxylic acids is 1. The predicted molar refractivity (Wildman–Crippen MR) is 134 cm³/mol. The van der Waals surface area contributed by atoms with Gasteiger partial charge in [0.15, 0.2) is 10.8 Å². The molecule has 0 spiro atoms. The summed E-state index contributed by atoms with van der Waals surface area (Å²) in [5.41, 5.74) is 5.62. The lowest BCUT2D eigenvalue weighted by Crippen LogP contribution is -2.32. The monoisotopic (exact) mass is 495 g/mol. The zero-order valence-corrected chi connectivity index (χ0v) is 19.7. The number of sulfonamides is 1. The fourth-order valence-electron chi connectivity index (χ4n) is 3.52. The van der Waals surface area contributed by atoms with Crippen LogP contribution in [0.4, 0.5) is 11.4 Å². The highest BCUT2D eigenvalue weighted by Crippen LogP contribution is 2.38. The normalized spacial score (nSPS) is 14.1. The third-order valence-electron chi connectivity index (χ3n) is 5.09. The number of hydrazone groups is 1. The van der Waals surface area contributed by atoms with Crippen molar-refractivity contribution in [2.75, 3.05) is 17.3 Å². The maximum Gasteiger partial charge on any atom is 0.279 e. The molecule has 0 unspecified atom stereocenters. The van der Waals surface area contributed by atoms with E-state index in [1.807, 2.05) is 30.3 Å². The van der Waals surface area contributed by atoms with Gasteiger partial charge in [-0.1, -0.05) is 42.5 Å². The van der Waals surface area contributed by atoms with Gasteiger partial charge in [-0.25, -0.2) is 13.6 Å². The van der Waals surface area contributed by atoms with E-state index in [-0.39, 0.29) is 21.6 Å². The topological polar surface area (TPSA) is 126 Å². The highest BCUT2D eigenvalue weighted by molar-refractivity contribution is 7.89. The fraction of sp³-hybridized carbons (Fsp3) is 0.0870. The van der Waals surface area contributed by atoms with Gasteiger partial charge in [-0.3, -0.25) is 15.1 Å². The summed E-state index contributed by atoms with van der Waals surface area (Å²) in [5.74, 6) is 0.263. The SMILES string of the molecule is COc1cccc2c1N(Cc1ccccc1)C(=O)C2=NNC(=S)Nc1ccc(S(N)(=O)=O)cc1. The lowest BCUT2D eigenvalue weighted by Gasteiger charge is -2.19. The van der Waals surface area contributed by atoms with E-state index in [0.29, 0.717) is 29.2 Å². The number of nitrogens with zero attached hydrogens (tertiary/aromatic N) is 2. The Morgan fingerprint density at radius 1 is 1.06 bits per heavy atom. The molecular formula is C23H21N5O4S2. The number of benzene rings is 3. The number of rotatable bonds is 6. The molecule has 1 aliphatic rings. The molecule has 0 radical (unpaired) electrons. The number of primary sulfonamides is 1. The first kappa shape index (κ1) is 23.4. The van der Waals surface area contributed by atoms with Crippen molar-refractivity contribution < 1.29 is 17.9 Å². The Balaban J connectivity index is 1.56. The summed E-state index contributed by atoms with van der Waals surface area (Å²) in [7, 11) is -2.24. The van der Waals surface area contributed by atoms with Gasteiger partial charge in [0, 0.05) is 11.3 Å². The minimum absolute atomic E-state index is 0.0159. The van der Waals surface area contributed by atoms with Gasteiger partial charge < -0.3 is 10.1 Å². The molecule has 3 aromatic rings. The van der Waals surface area contributed by atoms with Crippen LogP contribution in [0.25, 0.3) is 0 Å². The van der Waals surface area contributed by atoms with Gasteiger partial charge >= 0.3 is 0 Å². The van der Waals surface area contributed by atoms with Gasteiger partial charge in [0.1, 0.15) is 5.75 Å². The number of nitrogens with two attached hydrogens (primary N) is 1. The van der Waals surface area contributed by atoms with E-state index in [2.05, 4.69) is 15.8 Å². The number of amides is 1. The number of anilines is 2. The van der Waals surface area contributed by atoms with Crippen molar-refractivity contribution in [3.8, 4) is 5.75 Å². The molecule has 0 aliphatic carbocycles. The molecule has 4 N–H and O–H groups in total. The third-order valence-corrected chi connectivity index (χ3v) is 6.21. The molecule has 4 rings (SSSR count). The van der Waals surface area contributed by atoms with Gasteiger partial charge in [0.25, 0.3) is 5.91 Å². The van der Waals surface area contributed by atoms with E-state index in [0.717, 1.165) is 5.56 Å². The third kappa shape index (κ3) is 4.91. The van der Waals surface area contributed by atoms with E-state index in [4.69, 9.17) is 22.1 Å². The molecule has 1 heterocycles. The first-order valence-electron chi connectivity index (χ1n) is 10.1. The fourth-order valence-corrected chi connectivity index (χ4v) is 4.20. The number of carbonyl (C=O) groups is 1. The molecule has 0 aromatic heterocycles. The number of hydrogen-bond donors (Lipinski definition) is 3. The molecule has 0 saturated carbocycles. The van der Waals surface area contributed by atoms with Crippen LogP contribution >= 0.6 is 12.2 Å². The first-order valence-corrected chi connectivity index (χ1v) is 12.0. The van der Waals surface area contributed by atoms with Crippen molar-refractivity contribution in [2.24, 2.45) is 10.2 Å². The zero-order chi connectivity index (χ0) is 24.3. The van der Waals surface area contributed by atoms with Gasteiger partial charge in [-0.05, 0) is 48.1 Å². The lowest BCUT2D eigenvalue weighted by atomic mass is 10.1. The van der Waals surface area contributed by atoms with Crippen LogP contribution in [0.3, 0.4) is 0 Å².